The van der Waals surface area contributed by atoms with Crippen LogP contribution in [0.2, 0.25) is 0 Å². The van der Waals surface area contributed by atoms with E-state index in [-0.39, 0.29) is 5.41 Å². The summed E-state index contributed by atoms with van der Waals surface area (Å²) in [6.45, 7) is 8.47. The first kappa shape index (κ1) is 15.2. The summed E-state index contributed by atoms with van der Waals surface area (Å²) in [4.78, 5) is 2.45. The fourth-order valence-corrected chi connectivity index (χ4v) is 2.44. The zero-order valence-electron chi connectivity index (χ0n) is 12.3. The van der Waals surface area contributed by atoms with E-state index in [1.807, 2.05) is 0 Å². The SMILES string of the molecule is CCCC(c1ccccc1)N(C)CC(C)(C)CN. The molecule has 18 heavy (non-hydrogen) atoms. The third-order valence-corrected chi connectivity index (χ3v) is 3.51. The second-order valence-corrected chi connectivity index (χ2v) is 6.00. The van der Waals surface area contributed by atoms with Crippen molar-refractivity contribution >= 4 is 0 Å². The van der Waals surface area contributed by atoms with E-state index in [1.54, 1.807) is 0 Å². The second-order valence-electron chi connectivity index (χ2n) is 6.00. The van der Waals surface area contributed by atoms with Gasteiger partial charge < -0.3 is 5.73 Å². The average molecular weight is 248 g/mol. The highest BCUT2D eigenvalue weighted by molar-refractivity contribution is 5.19. The first-order valence-electron chi connectivity index (χ1n) is 6.95. The zero-order valence-corrected chi connectivity index (χ0v) is 12.3. The Labute approximate surface area is 112 Å². The number of nitrogens with zero attached hydrogens (tertiary/aromatic N) is 1. The Kier molecular flexibility index (Phi) is 5.83. The molecule has 0 aliphatic rings. The molecule has 0 heterocycles. The van der Waals surface area contributed by atoms with Crippen LogP contribution in [0, 0.1) is 5.41 Å². The summed E-state index contributed by atoms with van der Waals surface area (Å²) >= 11 is 0. The Morgan fingerprint density at radius 2 is 1.83 bits per heavy atom. The quantitative estimate of drug-likeness (QED) is 0.801. The van der Waals surface area contributed by atoms with E-state index in [4.69, 9.17) is 5.73 Å². The topological polar surface area (TPSA) is 29.3 Å². The summed E-state index contributed by atoms with van der Waals surface area (Å²) < 4.78 is 0. The molecule has 0 aliphatic carbocycles. The predicted octanol–water partition coefficient (Wildman–Crippen LogP) is 3.44. The number of hydrogen-bond acceptors (Lipinski definition) is 2. The van der Waals surface area contributed by atoms with E-state index in [0.717, 1.165) is 13.1 Å². The molecule has 102 valence electrons. The molecule has 0 spiro atoms. The van der Waals surface area contributed by atoms with Crippen molar-refractivity contribution in [2.45, 2.75) is 39.7 Å². The van der Waals surface area contributed by atoms with Crippen LogP contribution in [0.3, 0.4) is 0 Å². The Morgan fingerprint density at radius 1 is 1.22 bits per heavy atom. The zero-order chi connectivity index (χ0) is 13.6. The van der Waals surface area contributed by atoms with Crippen LogP contribution in [0.25, 0.3) is 0 Å². The highest BCUT2D eigenvalue weighted by atomic mass is 15.1. The lowest BCUT2D eigenvalue weighted by molar-refractivity contribution is 0.157. The highest BCUT2D eigenvalue weighted by Crippen LogP contribution is 2.27. The molecule has 2 heteroatoms. The second kappa shape index (κ2) is 6.91. The van der Waals surface area contributed by atoms with E-state index in [2.05, 4.69) is 63.1 Å². The number of rotatable bonds is 7. The molecule has 1 atom stereocenters. The Morgan fingerprint density at radius 3 is 2.33 bits per heavy atom. The number of hydrogen-bond donors (Lipinski definition) is 1. The third-order valence-electron chi connectivity index (χ3n) is 3.51. The van der Waals surface area contributed by atoms with Gasteiger partial charge in [-0.05, 0) is 31.0 Å². The molecule has 2 N–H and O–H groups in total. The number of benzene rings is 1. The lowest BCUT2D eigenvalue weighted by Gasteiger charge is -2.35. The van der Waals surface area contributed by atoms with Crippen molar-refractivity contribution in [3.8, 4) is 0 Å². The van der Waals surface area contributed by atoms with Crippen molar-refractivity contribution in [3.63, 3.8) is 0 Å². The molecule has 0 aromatic heterocycles. The maximum Gasteiger partial charge on any atom is 0.0345 e. The van der Waals surface area contributed by atoms with E-state index in [9.17, 15) is 0 Å². The van der Waals surface area contributed by atoms with Crippen molar-refractivity contribution in [1.29, 1.82) is 0 Å². The van der Waals surface area contributed by atoms with Crippen LogP contribution in [0.1, 0.15) is 45.2 Å². The van der Waals surface area contributed by atoms with Crippen LogP contribution in [-0.2, 0) is 0 Å². The molecule has 1 aromatic rings. The minimum atomic E-state index is 0.176. The van der Waals surface area contributed by atoms with Gasteiger partial charge in [-0.25, -0.2) is 0 Å². The molecular weight excluding hydrogens is 220 g/mol. The minimum absolute atomic E-state index is 0.176. The molecule has 2 nitrogen and oxygen atoms in total. The van der Waals surface area contributed by atoms with Gasteiger partial charge in [0.1, 0.15) is 0 Å². The van der Waals surface area contributed by atoms with Gasteiger partial charge in [0.15, 0.2) is 0 Å². The monoisotopic (exact) mass is 248 g/mol. The van der Waals surface area contributed by atoms with Crippen LogP contribution in [-0.4, -0.2) is 25.0 Å². The molecule has 1 rings (SSSR count). The van der Waals surface area contributed by atoms with Gasteiger partial charge >= 0.3 is 0 Å². The van der Waals surface area contributed by atoms with Gasteiger partial charge in [-0.1, -0.05) is 57.5 Å². The maximum absolute atomic E-state index is 5.84. The summed E-state index contributed by atoms with van der Waals surface area (Å²) in [5.41, 5.74) is 7.43. The third kappa shape index (κ3) is 4.43. The van der Waals surface area contributed by atoms with Crippen molar-refractivity contribution < 1.29 is 0 Å². The molecule has 0 aliphatic heterocycles. The molecule has 0 bridgehead atoms. The lowest BCUT2D eigenvalue weighted by atomic mass is 9.91. The molecular formula is C16H28N2. The fraction of sp³-hybridized carbons (Fsp3) is 0.625. The van der Waals surface area contributed by atoms with Gasteiger partial charge in [0.05, 0.1) is 0 Å². The summed E-state index contributed by atoms with van der Waals surface area (Å²) in [5, 5.41) is 0. The Balaban J connectivity index is 2.79. The van der Waals surface area contributed by atoms with Gasteiger partial charge in [0.2, 0.25) is 0 Å². The van der Waals surface area contributed by atoms with Gasteiger partial charge in [0.25, 0.3) is 0 Å². The van der Waals surface area contributed by atoms with Crippen molar-refractivity contribution in [1.82, 2.24) is 4.90 Å². The number of nitrogens with two attached hydrogens (primary N) is 1. The van der Waals surface area contributed by atoms with Crippen LogP contribution in [0.15, 0.2) is 30.3 Å². The van der Waals surface area contributed by atoms with Gasteiger partial charge in [-0.2, -0.15) is 0 Å². The predicted molar refractivity (Wildman–Crippen MR) is 79.6 cm³/mol. The lowest BCUT2D eigenvalue weighted by Crippen LogP contribution is -2.38. The normalized spacial score (nSPS) is 13.9. The summed E-state index contributed by atoms with van der Waals surface area (Å²) in [7, 11) is 2.21. The summed E-state index contributed by atoms with van der Waals surface area (Å²) in [5.74, 6) is 0. The minimum Gasteiger partial charge on any atom is -0.330 e. The first-order valence-corrected chi connectivity index (χ1v) is 6.95. The molecule has 1 unspecified atom stereocenters. The van der Waals surface area contributed by atoms with Crippen LogP contribution in [0.5, 0.6) is 0 Å². The highest BCUT2D eigenvalue weighted by Gasteiger charge is 2.23. The van der Waals surface area contributed by atoms with Gasteiger partial charge in [-0.3, -0.25) is 4.90 Å². The Bertz CT molecular complexity index is 332. The molecule has 0 saturated carbocycles. The van der Waals surface area contributed by atoms with Crippen LogP contribution >= 0.6 is 0 Å². The van der Waals surface area contributed by atoms with E-state index in [1.165, 1.54) is 18.4 Å². The van der Waals surface area contributed by atoms with Crippen molar-refractivity contribution in [3.05, 3.63) is 35.9 Å². The summed E-state index contributed by atoms with van der Waals surface area (Å²) in [6, 6.07) is 11.3. The van der Waals surface area contributed by atoms with Crippen molar-refractivity contribution in [2.75, 3.05) is 20.1 Å². The molecule has 0 saturated heterocycles. The standard InChI is InChI=1S/C16H28N2/c1-5-9-15(14-10-7-6-8-11-14)18(4)13-16(2,3)12-17/h6-8,10-11,15H,5,9,12-13,17H2,1-4H3. The fourth-order valence-electron chi connectivity index (χ4n) is 2.44. The van der Waals surface area contributed by atoms with E-state index in [0.29, 0.717) is 6.04 Å². The summed E-state index contributed by atoms with van der Waals surface area (Å²) in [6.07, 6.45) is 2.40. The molecule has 0 radical (unpaired) electrons. The van der Waals surface area contributed by atoms with Crippen LogP contribution < -0.4 is 5.73 Å². The van der Waals surface area contributed by atoms with Crippen molar-refractivity contribution in [2.24, 2.45) is 11.1 Å². The average Bonchev–Trinajstić information content (AvgIpc) is 2.36. The largest absolute Gasteiger partial charge is 0.330 e. The smallest absolute Gasteiger partial charge is 0.0345 e. The maximum atomic E-state index is 5.84. The van der Waals surface area contributed by atoms with Gasteiger partial charge in [-0.15, -0.1) is 0 Å². The molecule has 0 amide bonds. The molecule has 0 fully saturated rings. The van der Waals surface area contributed by atoms with E-state index >= 15 is 0 Å². The van der Waals surface area contributed by atoms with E-state index < -0.39 is 0 Å². The molecule has 1 aromatic carbocycles. The van der Waals surface area contributed by atoms with Gasteiger partial charge in [0, 0.05) is 12.6 Å². The Hall–Kier alpha value is -0.860. The van der Waals surface area contributed by atoms with Crippen LogP contribution in [0.4, 0.5) is 0 Å². The first-order chi connectivity index (χ1) is 8.50.